The standard InChI is InChI=1S/C17H28N2O2.Y/c1-8-15(19(5,6)9-2)17(20)18-16-12(3)10-14(21-7)11-13(16)4;/h10-11,15H,8-9H2,1-7H3;/p+1. The maximum atomic E-state index is 12.7. The van der Waals surface area contributed by atoms with Crippen molar-refractivity contribution in [2.75, 3.05) is 33.1 Å². The SMILES string of the molecule is CCC(C(=O)Nc1c(C)cc(OC)cc1C)[N+](C)(C)CC.[Y]. The Bertz CT molecular complexity index is 492. The molecule has 1 aromatic carbocycles. The maximum Gasteiger partial charge on any atom is 0.282 e. The van der Waals surface area contributed by atoms with E-state index in [-0.39, 0.29) is 44.7 Å². The summed E-state index contributed by atoms with van der Waals surface area (Å²) >= 11 is 0. The predicted octanol–water partition coefficient (Wildman–Crippen LogP) is 3.12. The van der Waals surface area contributed by atoms with Crippen molar-refractivity contribution in [2.24, 2.45) is 0 Å². The molecule has 0 heterocycles. The Morgan fingerprint density at radius 2 is 1.73 bits per heavy atom. The average molecular weight is 382 g/mol. The molecule has 1 radical (unpaired) electrons. The Hall–Kier alpha value is -0.446. The Balaban J connectivity index is 0.00000441. The molecule has 1 N–H and O–H groups in total. The van der Waals surface area contributed by atoms with Gasteiger partial charge in [-0.1, -0.05) is 6.92 Å². The van der Waals surface area contributed by atoms with Crippen molar-refractivity contribution in [3.8, 4) is 5.75 Å². The third-order valence-corrected chi connectivity index (χ3v) is 4.34. The van der Waals surface area contributed by atoms with E-state index in [2.05, 4.69) is 33.3 Å². The van der Waals surface area contributed by atoms with E-state index >= 15 is 0 Å². The van der Waals surface area contributed by atoms with Gasteiger partial charge in [0.25, 0.3) is 5.91 Å². The van der Waals surface area contributed by atoms with Crippen LogP contribution in [0.15, 0.2) is 12.1 Å². The molecule has 5 heteroatoms. The second kappa shape index (κ2) is 9.00. The molecule has 0 bridgehead atoms. The van der Waals surface area contributed by atoms with Gasteiger partial charge in [0.15, 0.2) is 6.04 Å². The first-order valence-electron chi connectivity index (χ1n) is 7.55. The van der Waals surface area contributed by atoms with E-state index in [1.165, 1.54) is 0 Å². The van der Waals surface area contributed by atoms with Crippen LogP contribution in [0.2, 0.25) is 0 Å². The summed E-state index contributed by atoms with van der Waals surface area (Å²) in [6, 6.07) is 3.85. The molecule has 0 aliphatic rings. The fourth-order valence-corrected chi connectivity index (χ4v) is 2.66. The third kappa shape index (κ3) is 5.04. The van der Waals surface area contributed by atoms with E-state index in [0.717, 1.165) is 35.5 Å². The van der Waals surface area contributed by atoms with Crippen molar-refractivity contribution >= 4 is 11.6 Å². The first-order chi connectivity index (χ1) is 9.76. The Morgan fingerprint density at radius 1 is 1.23 bits per heavy atom. The molecule has 0 aliphatic carbocycles. The molecule has 1 rings (SSSR count). The van der Waals surface area contributed by atoms with Gasteiger partial charge in [-0.2, -0.15) is 0 Å². The number of likely N-dealkylation sites (N-methyl/N-ethyl adjacent to an activating group) is 1. The summed E-state index contributed by atoms with van der Waals surface area (Å²) in [6.07, 6.45) is 0.820. The summed E-state index contributed by atoms with van der Waals surface area (Å²) in [4.78, 5) is 12.7. The van der Waals surface area contributed by atoms with E-state index in [1.54, 1.807) is 7.11 Å². The molecule has 0 saturated carbocycles. The zero-order valence-corrected chi connectivity index (χ0v) is 17.8. The number of nitrogens with zero attached hydrogens (tertiary/aromatic N) is 1. The summed E-state index contributed by atoms with van der Waals surface area (Å²) in [6.45, 7) is 9.08. The molecule has 0 saturated heterocycles. The van der Waals surface area contributed by atoms with E-state index in [9.17, 15) is 4.79 Å². The molecule has 1 unspecified atom stereocenters. The van der Waals surface area contributed by atoms with Crippen LogP contribution in [-0.4, -0.2) is 44.2 Å². The van der Waals surface area contributed by atoms with Gasteiger partial charge in [0, 0.05) is 44.8 Å². The quantitative estimate of drug-likeness (QED) is 0.768. The minimum absolute atomic E-state index is 0. The zero-order valence-electron chi connectivity index (χ0n) is 15.0. The monoisotopic (exact) mass is 382 g/mol. The molecule has 0 fully saturated rings. The summed E-state index contributed by atoms with van der Waals surface area (Å²) in [5, 5.41) is 3.11. The van der Waals surface area contributed by atoms with Gasteiger partial charge in [-0.3, -0.25) is 4.79 Å². The summed E-state index contributed by atoms with van der Waals surface area (Å²) in [7, 11) is 5.85. The van der Waals surface area contributed by atoms with Gasteiger partial charge in [-0.15, -0.1) is 0 Å². The van der Waals surface area contributed by atoms with E-state index in [4.69, 9.17) is 4.74 Å². The fourth-order valence-electron chi connectivity index (χ4n) is 2.66. The van der Waals surface area contributed by atoms with Crippen LogP contribution in [-0.2, 0) is 37.5 Å². The number of nitrogens with one attached hydrogen (secondary N) is 1. The van der Waals surface area contributed by atoms with Crippen LogP contribution in [0.1, 0.15) is 31.4 Å². The minimum Gasteiger partial charge on any atom is -0.497 e. The number of amides is 1. The molecular formula is C17H29N2O2Y+. The molecule has 0 spiro atoms. The molecule has 22 heavy (non-hydrogen) atoms. The molecule has 1 atom stereocenters. The van der Waals surface area contributed by atoms with Gasteiger partial charge in [0.2, 0.25) is 0 Å². The molecular weight excluding hydrogens is 353 g/mol. The number of carbonyl (C=O) groups is 1. The zero-order chi connectivity index (χ0) is 16.2. The van der Waals surface area contributed by atoms with Crippen molar-refractivity contribution in [1.82, 2.24) is 0 Å². The van der Waals surface area contributed by atoms with Gasteiger partial charge in [0.1, 0.15) is 5.75 Å². The van der Waals surface area contributed by atoms with Crippen LogP contribution in [0.25, 0.3) is 0 Å². The predicted molar refractivity (Wildman–Crippen MR) is 87.8 cm³/mol. The number of rotatable bonds is 6. The number of methoxy groups -OCH3 is 1. The Morgan fingerprint density at radius 3 is 2.09 bits per heavy atom. The molecule has 0 aromatic heterocycles. The van der Waals surface area contributed by atoms with Crippen LogP contribution >= 0.6 is 0 Å². The van der Waals surface area contributed by atoms with Crippen molar-refractivity contribution < 1.29 is 46.7 Å². The molecule has 0 aliphatic heterocycles. The Labute approximate surface area is 160 Å². The van der Waals surface area contributed by atoms with Crippen molar-refractivity contribution in [2.45, 2.75) is 40.2 Å². The van der Waals surface area contributed by atoms with Crippen LogP contribution in [0.3, 0.4) is 0 Å². The van der Waals surface area contributed by atoms with Gasteiger partial charge in [-0.25, -0.2) is 0 Å². The fraction of sp³-hybridized carbons (Fsp3) is 0.588. The van der Waals surface area contributed by atoms with Crippen molar-refractivity contribution in [3.63, 3.8) is 0 Å². The third-order valence-electron chi connectivity index (χ3n) is 4.34. The van der Waals surface area contributed by atoms with Crippen LogP contribution < -0.4 is 10.1 Å². The van der Waals surface area contributed by atoms with Crippen molar-refractivity contribution in [1.29, 1.82) is 0 Å². The summed E-state index contributed by atoms with van der Waals surface area (Å²) < 4.78 is 5.95. The minimum atomic E-state index is -0.0455. The normalized spacial score (nSPS) is 12.3. The number of benzene rings is 1. The second-order valence-corrected chi connectivity index (χ2v) is 6.14. The number of quaternary nitrogens is 1. The van der Waals surface area contributed by atoms with Crippen LogP contribution in [0.5, 0.6) is 5.75 Å². The number of carbonyl (C=O) groups excluding carboxylic acids is 1. The van der Waals surface area contributed by atoms with Crippen LogP contribution in [0, 0.1) is 13.8 Å². The van der Waals surface area contributed by atoms with Gasteiger partial charge < -0.3 is 14.5 Å². The number of aryl methyl sites for hydroxylation is 2. The van der Waals surface area contributed by atoms with Gasteiger partial charge in [-0.05, 0) is 44.0 Å². The smallest absolute Gasteiger partial charge is 0.282 e. The number of ether oxygens (including phenoxy) is 1. The number of hydrogen-bond donors (Lipinski definition) is 1. The number of anilines is 1. The van der Waals surface area contributed by atoms with E-state index in [1.807, 2.05) is 26.0 Å². The average Bonchev–Trinajstić information content (AvgIpc) is 2.43. The first kappa shape index (κ1) is 21.6. The second-order valence-electron chi connectivity index (χ2n) is 6.14. The molecule has 4 nitrogen and oxygen atoms in total. The largest absolute Gasteiger partial charge is 0.497 e. The van der Waals surface area contributed by atoms with E-state index < -0.39 is 0 Å². The molecule has 121 valence electrons. The summed E-state index contributed by atoms with van der Waals surface area (Å²) in [5.74, 6) is 0.903. The number of hydrogen-bond acceptors (Lipinski definition) is 2. The summed E-state index contributed by atoms with van der Waals surface area (Å²) in [5.41, 5.74) is 2.95. The topological polar surface area (TPSA) is 38.3 Å². The maximum absolute atomic E-state index is 12.7. The van der Waals surface area contributed by atoms with Gasteiger partial charge in [0.05, 0.1) is 27.7 Å². The first-order valence-corrected chi connectivity index (χ1v) is 7.55. The van der Waals surface area contributed by atoms with Gasteiger partial charge >= 0.3 is 0 Å². The van der Waals surface area contributed by atoms with Crippen molar-refractivity contribution in [3.05, 3.63) is 23.3 Å². The Kier molecular flexibility index (Phi) is 8.82. The van der Waals surface area contributed by atoms with Crippen LogP contribution in [0.4, 0.5) is 5.69 Å². The van der Waals surface area contributed by atoms with E-state index in [0.29, 0.717) is 4.48 Å². The molecule has 1 aromatic rings. The molecule has 1 amide bonds.